The lowest BCUT2D eigenvalue weighted by Crippen LogP contribution is -3.11. The third kappa shape index (κ3) is 35.5. The average molecular weight is 742 g/mol. The molecule has 1 rings (SSSR count). The van der Waals surface area contributed by atoms with Gasteiger partial charge in [0.2, 0.25) is 16.3 Å². The van der Waals surface area contributed by atoms with Gasteiger partial charge in [-0.3, -0.25) is 8.98 Å². The SMILES string of the molecule is CCCCCCCC/C=C\CCCCCCCC(=O)NCCN1CC[NH+](C)C1CCCCCCC/C=C\CCCCCCCC.COS(=O)(=O)[O-]. The lowest BCUT2D eigenvalue weighted by Gasteiger charge is -2.25. The Morgan fingerprint density at radius 2 is 1.10 bits per heavy atom. The van der Waals surface area contributed by atoms with Gasteiger partial charge in [0.15, 0.2) is 0 Å². The van der Waals surface area contributed by atoms with Crippen molar-refractivity contribution in [2.75, 3.05) is 40.3 Å². The van der Waals surface area contributed by atoms with E-state index < -0.39 is 10.4 Å². The van der Waals surface area contributed by atoms with E-state index in [1.54, 1.807) is 4.90 Å². The van der Waals surface area contributed by atoms with E-state index >= 15 is 0 Å². The number of likely N-dealkylation sites (N-methyl/N-ethyl adjacent to an activating group) is 1. The number of hydrogen-bond donors (Lipinski definition) is 2. The fourth-order valence-electron chi connectivity index (χ4n) is 6.84. The van der Waals surface area contributed by atoms with Gasteiger partial charge in [-0.2, -0.15) is 0 Å². The van der Waals surface area contributed by atoms with Crippen LogP contribution in [0.2, 0.25) is 0 Å². The number of allylic oxidation sites excluding steroid dienone is 4. The number of hydrogen-bond acceptors (Lipinski definition) is 6. The van der Waals surface area contributed by atoms with Crippen molar-refractivity contribution in [1.29, 1.82) is 0 Å². The highest BCUT2D eigenvalue weighted by atomic mass is 32.3. The van der Waals surface area contributed by atoms with Gasteiger partial charge in [-0.05, 0) is 64.2 Å². The first-order valence-corrected chi connectivity index (χ1v) is 22.7. The summed E-state index contributed by atoms with van der Waals surface area (Å²) in [5.41, 5.74) is 0. The number of nitrogens with zero attached hydrogens (tertiary/aromatic N) is 1. The lowest BCUT2D eigenvalue weighted by molar-refractivity contribution is -0.898. The van der Waals surface area contributed by atoms with E-state index in [2.05, 4.69) is 59.6 Å². The highest BCUT2D eigenvalue weighted by molar-refractivity contribution is 7.80. The normalized spacial score (nSPS) is 16.6. The average Bonchev–Trinajstić information content (AvgIpc) is 3.46. The zero-order valence-corrected chi connectivity index (χ0v) is 34.7. The second-order valence-corrected chi connectivity index (χ2v) is 15.9. The molecule has 1 aliphatic heterocycles. The minimum absolute atomic E-state index is 0.251. The Morgan fingerprint density at radius 3 is 1.53 bits per heavy atom. The summed E-state index contributed by atoms with van der Waals surface area (Å²) >= 11 is 0. The minimum Gasteiger partial charge on any atom is -0.726 e. The number of rotatable bonds is 34. The van der Waals surface area contributed by atoms with Crippen LogP contribution in [0.3, 0.4) is 0 Å². The zero-order valence-electron chi connectivity index (χ0n) is 33.9. The summed E-state index contributed by atoms with van der Waals surface area (Å²) in [6.07, 6.45) is 46.9. The van der Waals surface area contributed by atoms with Crippen molar-refractivity contribution in [1.82, 2.24) is 10.2 Å². The van der Waals surface area contributed by atoms with Gasteiger partial charge in [0.05, 0.1) is 27.2 Å². The topological polar surface area (TPSA) is 103 Å². The standard InChI is InChI=1S/C41H79N3O.CH4O4S/c1-4-6-8-10-12-14-16-18-20-22-24-26-28-30-32-34-40(45)42-36-37-44-39-38-43(3)41(44)35-33-31-29-27-25-23-21-19-17-15-13-11-9-7-5-2;1-5-6(2,3)4/h18-21,41H,4-17,22-39H2,1-3H3,(H,42,45);1H3,(H,2,3,4)/b20-18-,21-19-;. The molecule has 51 heavy (non-hydrogen) atoms. The molecular formula is C42H83N3O5S. The molecule has 2 N–H and O–H groups in total. The van der Waals surface area contributed by atoms with Crippen LogP contribution in [0.1, 0.15) is 194 Å². The predicted octanol–water partition coefficient (Wildman–Crippen LogP) is 9.43. The van der Waals surface area contributed by atoms with Crippen LogP contribution < -0.4 is 10.2 Å². The first kappa shape index (κ1) is 49.7. The molecule has 302 valence electrons. The first-order chi connectivity index (χ1) is 24.7. The second-order valence-electron chi connectivity index (χ2n) is 14.8. The van der Waals surface area contributed by atoms with Crippen molar-refractivity contribution >= 4 is 16.3 Å². The summed E-state index contributed by atoms with van der Waals surface area (Å²) in [5, 5.41) is 3.21. The molecule has 8 nitrogen and oxygen atoms in total. The van der Waals surface area contributed by atoms with Gasteiger partial charge in [-0.15, -0.1) is 0 Å². The third-order valence-corrected chi connectivity index (χ3v) is 10.5. The van der Waals surface area contributed by atoms with Gasteiger partial charge in [0.1, 0.15) is 6.17 Å². The highest BCUT2D eigenvalue weighted by Gasteiger charge is 2.32. The molecule has 0 saturated carbocycles. The van der Waals surface area contributed by atoms with Gasteiger partial charge in [0, 0.05) is 25.9 Å². The number of carbonyl (C=O) groups excluding carboxylic acids is 1. The van der Waals surface area contributed by atoms with Crippen LogP contribution in [0.15, 0.2) is 24.3 Å². The van der Waals surface area contributed by atoms with E-state index in [1.165, 1.54) is 180 Å². The van der Waals surface area contributed by atoms with Crippen molar-refractivity contribution in [2.24, 2.45) is 0 Å². The second kappa shape index (κ2) is 37.1. The molecule has 0 aliphatic carbocycles. The van der Waals surface area contributed by atoms with Crippen LogP contribution in [0, 0.1) is 0 Å². The third-order valence-electron chi connectivity index (χ3n) is 10.1. The molecule has 0 radical (unpaired) electrons. The summed E-state index contributed by atoms with van der Waals surface area (Å²) in [5.74, 6) is 0.251. The molecule has 0 bridgehead atoms. The van der Waals surface area contributed by atoms with Crippen LogP contribution in [0.25, 0.3) is 0 Å². The van der Waals surface area contributed by atoms with Crippen molar-refractivity contribution in [3.05, 3.63) is 24.3 Å². The van der Waals surface area contributed by atoms with E-state index in [0.29, 0.717) is 12.6 Å². The molecule has 1 saturated heterocycles. The Kier molecular flexibility index (Phi) is 36.2. The summed E-state index contributed by atoms with van der Waals surface area (Å²) in [7, 11) is -1.25. The van der Waals surface area contributed by atoms with Crippen LogP contribution in [-0.4, -0.2) is 70.3 Å². The largest absolute Gasteiger partial charge is 0.726 e. The van der Waals surface area contributed by atoms with E-state index in [1.807, 2.05) is 0 Å². The predicted molar refractivity (Wildman–Crippen MR) is 216 cm³/mol. The molecule has 0 aromatic heterocycles. The van der Waals surface area contributed by atoms with E-state index in [-0.39, 0.29) is 5.91 Å². The van der Waals surface area contributed by atoms with Crippen molar-refractivity contribution in [3.8, 4) is 0 Å². The van der Waals surface area contributed by atoms with Crippen LogP contribution in [0.4, 0.5) is 0 Å². The number of nitrogens with one attached hydrogen (secondary N) is 2. The summed E-state index contributed by atoms with van der Waals surface area (Å²) in [4.78, 5) is 16.7. The van der Waals surface area contributed by atoms with E-state index in [4.69, 9.17) is 0 Å². The summed E-state index contributed by atoms with van der Waals surface area (Å²) in [6, 6.07) is 0. The van der Waals surface area contributed by atoms with Gasteiger partial charge in [-0.1, -0.05) is 141 Å². The molecule has 2 unspecified atom stereocenters. The first-order valence-electron chi connectivity index (χ1n) is 21.4. The Labute approximate surface area is 317 Å². The van der Waals surface area contributed by atoms with E-state index in [9.17, 15) is 17.8 Å². The number of carbonyl (C=O) groups is 1. The Hall–Kier alpha value is -1.26. The quantitative estimate of drug-likeness (QED) is 0.0295. The molecule has 1 aliphatic rings. The minimum atomic E-state index is -4.41. The molecule has 1 fully saturated rings. The van der Waals surface area contributed by atoms with Crippen LogP contribution in [-0.2, 0) is 19.4 Å². The fraction of sp³-hybridized carbons (Fsp3) is 0.881. The van der Waals surface area contributed by atoms with Crippen molar-refractivity contribution in [3.63, 3.8) is 0 Å². The van der Waals surface area contributed by atoms with Gasteiger partial charge >= 0.3 is 0 Å². The van der Waals surface area contributed by atoms with Gasteiger partial charge in [-0.25, -0.2) is 13.3 Å². The molecule has 2 atom stereocenters. The molecule has 1 amide bonds. The zero-order chi connectivity index (χ0) is 37.7. The van der Waals surface area contributed by atoms with Crippen molar-refractivity contribution in [2.45, 2.75) is 200 Å². The Bertz CT molecular complexity index is 927. The van der Waals surface area contributed by atoms with Crippen LogP contribution in [0.5, 0.6) is 0 Å². The van der Waals surface area contributed by atoms with Gasteiger partial charge < -0.3 is 14.8 Å². The fourth-order valence-corrected chi connectivity index (χ4v) is 6.84. The molecule has 0 spiro atoms. The number of unbranched alkanes of at least 4 members (excludes halogenated alkanes) is 22. The molecule has 0 aromatic rings. The Balaban J connectivity index is 0.00000381. The monoisotopic (exact) mass is 742 g/mol. The molecular weight excluding hydrogens is 659 g/mol. The number of quaternary nitrogens is 1. The van der Waals surface area contributed by atoms with Crippen LogP contribution >= 0.6 is 0 Å². The maximum Gasteiger partial charge on any atom is 0.220 e. The van der Waals surface area contributed by atoms with Crippen molar-refractivity contribution < 1.29 is 26.8 Å². The lowest BCUT2D eigenvalue weighted by atomic mass is 10.1. The maximum absolute atomic E-state index is 12.4. The summed E-state index contributed by atoms with van der Waals surface area (Å²) < 4.78 is 31.0. The smallest absolute Gasteiger partial charge is 0.220 e. The van der Waals surface area contributed by atoms with E-state index in [0.717, 1.165) is 26.6 Å². The molecule has 1 heterocycles. The number of amides is 1. The molecule has 9 heteroatoms. The maximum atomic E-state index is 12.4. The Morgan fingerprint density at radius 1 is 0.706 bits per heavy atom. The van der Waals surface area contributed by atoms with Gasteiger partial charge in [0.25, 0.3) is 0 Å². The highest BCUT2D eigenvalue weighted by Crippen LogP contribution is 2.13. The summed E-state index contributed by atoms with van der Waals surface area (Å²) in [6.45, 7) is 8.79. The molecule has 0 aromatic carbocycles.